The molecule has 0 atom stereocenters. The van der Waals surface area contributed by atoms with Gasteiger partial charge in [-0.1, -0.05) is 0 Å². The third kappa shape index (κ3) is 4.08. The number of carbonyl (C=O) groups excluding carboxylic acids is 1. The molecule has 0 saturated carbocycles. The van der Waals surface area contributed by atoms with Gasteiger partial charge in [-0.05, 0) is 74.9 Å². The Kier molecular flexibility index (Phi) is 4.58. The van der Waals surface area contributed by atoms with Crippen LogP contribution < -0.4 is 5.32 Å². The van der Waals surface area contributed by atoms with Crippen molar-refractivity contribution < 1.29 is 4.79 Å². The van der Waals surface area contributed by atoms with Gasteiger partial charge in [0.1, 0.15) is 0 Å². The molecule has 5 heteroatoms. The molecular formula is C12H9BrINOS. The van der Waals surface area contributed by atoms with Crippen LogP contribution in [0.15, 0.2) is 40.2 Å². The van der Waals surface area contributed by atoms with Gasteiger partial charge < -0.3 is 5.32 Å². The average molecular weight is 422 g/mol. The molecule has 1 amide bonds. The van der Waals surface area contributed by atoms with E-state index in [9.17, 15) is 4.79 Å². The second-order valence-corrected chi connectivity index (χ2v) is 7.23. The lowest BCUT2D eigenvalue weighted by molar-refractivity contribution is -0.115. The molecule has 2 nitrogen and oxygen atoms in total. The molecule has 0 unspecified atom stereocenters. The summed E-state index contributed by atoms with van der Waals surface area (Å²) in [5.41, 5.74) is 0.839. The first-order valence-electron chi connectivity index (χ1n) is 4.93. The monoisotopic (exact) mass is 421 g/mol. The standard InChI is InChI=1S/C12H9BrINOS/c13-11-6-5-10(17-11)7-12(16)15-9-3-1-8(14)2-4-9/h1-6H,7H2,(H,15,16). The zero-order valence-electron chi connectivity index (χ0n) is 8.74. The minimum absolute atomic E-state index is 0.0144. The van der Waals surface area contributed by atoms with Crippen molar-refractivity contribution in [2.45, 2.75) is 6.42 Å². The topological polar surface area (TPSA) is 29.1 Å². The van der Waals surface area contributed by atoms with Crippen LogP contribution in [0.4, 0.5) is 5.69 Å². The van der Waals surface area contributed by atoms with Gasteiger partial charge in [-0.25, -0.2) is 0 Å². The Hall–Kier alpha value is -0.400. The zero-order valence-corrected chi connectivity index (χ0v) is 13.3. The highest BCUT2D eigenvalue weighted by Gasteiger charge is 2.06. The summed E-state index contributed by atoms with van der Waals surface area (Å²) in [6.07, 6.45) is 0.419. The van der Waals surface area contributed by atoms with Crippen LogP contribution in [-0.4, -0.2) is 5.91 Å². The van der Waals surface area contributed by atoms with Crippen LogP contribution in [-0.2, 0) is 11.2 Å². The van der Waals surface area contributed by atoms with Crippen molar-refractivity contribution in [1.82, 2.24) is 0 Å². The molecule has 0 saturated heterocycles. The number of anilines is 1. The second-order valence-electron chi connectivity index (χ2n) is 3.44. The maximum atomic E-state index is 11.8. The molecular weight excluding hydrogens is 413 g/mol. The fourth-order valence-corrected chi connectivity index (χ4v) is 3.18. The first-order valence-corrected chi connectivity index (χ1v) is 7.62. The van der Waals surface area contributed by atoms with Crippen LogP contribution in [0.3, 0.4) is 0 Å². The lowest BCUT2D eigenvalue weighted by Crippen LogP contribution is -2.13. The van der Waals surface area contributed by atoms with Gasteiger partial charge in [-0.3, -0.25) is 4.79 Å². The number of carbonyl (C=O) groups is 1. The molecule has 2 aromatic rings. The maximum Gasteiger partial charge on any atom is 0.229 e. The molecule has 0 radical (unpaired) electrons. The lowest BCUT2D eigenvalue weighted by atomic mass is 10.3. The third-order valence-electron chi connectivity index (χ3n) is 2.09. The molecule has 1 aromatic heterocycles. The van der Waals surface area contributed by atoms with Gasteiger partial charge >= 0.3 is 0 Å². The summed E-state index contributed by atoms with van der Waals surface area (Å²) in [7, 11) is 0. The number of thiophene rings is 1. The number of hydrogen-bond acceptors (Lipinski definition) is 2. The maximum absolute atomic E-state index is 11.8. The summed E-state index contributed by atoms with van der Waals surface area (Å²) < 4.78 is 2.21. The van der Waals surface area contributed by atoms with Crippen molar-refractivity contribution in [1.29, 1.82) is 0 Å². The molecule has 0 aliphatic rings. The van der Waals surface area contributed by atoms with E-state index in [2.05, 4.69) is 43.8 Å². The van der Waals surface area contributed by atoms with E-state index in [1.165, 1.54) is 0 Å². The Balaban J connectivity index is 1.95. The van der Waals surface area contributed by atoms with Gasteiger partial charge in [0.15, 0.2) is 0 Å². The summed E-state index contributed by atoms with van der Waals surface area (Å²) in [5.74, 6) is 0.0144. The van der Waals surface area contributed by atoms with E-state index in [1.54, 1.807) is 11.3 Å². The molecule has 0 fully saturated rings. The van der Waals surface area contributed by atoms with Gasteiger partial charge in [0.25, 0.3) is 0 Å². The molecule has 17 heavy (non-hydrogen) atoms. The van der Waals surface area contributed by atoms with Crippen molar-refractivity contribution >= 4 is 61.5 Å². The normalized spacial score (nSPS) is 10.2. The minimum Gasteiger partial charge on any atom is -0.326 e. The lowest BCUT2D eigenvalue weighted by Gasteiger charge is -2.03. The number of benzene rings is 1. The van der Waals surface area contributed by atoms with Crippen molar-refractivity contribution in [3.8, 4) is 0 Å². The van der Waals surface area contributed by atoms with Crippen molar-refractivity contribution in [2.24, 2.45) is 0 Å². The number of rotatable bonds is 3. The fraction of sp³-hybridized carbons (Fsp3) is 0.0833. The number of halogens is 2. The van der Waals surface area contributed by atoms with Crippen molar-refractivity contribution in [3.63, 3.8) is 0 Å². The summed E-state index contributed by atoms with van der Waals surface area (Å²) in [4.78, 5) is 12.8. The van der Waals surface area contributed by atoms with E-state index in [0.29, 0.717) is 6.42 Å². The molecule has 0 spiro atoms. The highest BCUT2D eigenvalue weighted by atomic mass is 127. The second kappa shape index (κ2) is 5.97. The Bertz CT molecular complexity index is 524. The van der Waals surface area contributed by atoms with Gasteiger partial charge in [0, 0.05) is 14.1 Å². The highest BCUT2D eigenvalue weighted by molar-refractivity contribution is 14.1. The summed E-state index contributed by atoms with van der Waals surface area (Å²) in [5, 5.41) is 2.88. The fourth-order valence-electron chi connectivity index (χ4n) is 1.34. The van der Waals surface area contributed by atoms with E-state index >= 15 is 0 Å². The minimum atomic E-state index is 0.0144. The molecule has 1 aromatic carbocycles. The van der Waals surface area contributed by atoms with E-state index < -0.39 is 0 Å². The number of nitrogens with one attached hydrogen (secondary N) is 1. The van der Waals surface area contributed by atoms with Gasteiger partial charge in [-0.2, -0.15) is 0 Å². The van der Waals surface area contributed by atoms with E-state index in [0.717, 1.165) is 17.9 Å². The van der Waals surface area contributed by atoms with Gasteiger partial charge in [0.05, 0.1) is 10.2 Å². The predicted molar refractivity (Wildman–Crippen MR) is 83.5 cm³/mol. The van der Waals surface area contributed by atoms with Crippen LogP contribution in [0.1, 0.15) is 4.88 Å². The Morgan fingerprint density at radius 1 is 1.24 bits per heavy atom. The molecule has 0 bridgehead atoms. The summed E-state index contributed by atoms with van der Waals surface area (Å²) in [6.45, 7) is 0. The van der Waals surface area contributed by atoms with E-state index in [4.69, 9.17) is 0 Å². The number of hydrogen-bond donors (Lipinski definition) is 1. The van der Waals surface area contributed by atoms with Gasteiger partial charge in [0.2, 0.25) is 5.91 Å². The zero-order chi connectivity index (χ0) is 12.3. The van der Waals surface area contributed by atoms with Crippen LogP contribution in [0.25, 0.3) is 0 Å². The first kappa shape index (κ1) is 13.0. The molecule has 1 N–H and O–H groups in total. The van der Waals surface area contributed by atoms with E-state index in [-0.39, 0.29) is 5.91 Å². The summed E-state index contributed by atoms with van der Waals surface area (Å²) in [6, 6.07) is 11.7. The first-order chi connectivity index (χ1) is 8.13. The van der Waals surface area contributed by atoms with Crippen LogP contribution in [0.2, 0.25) is 0 Å². The molecule has 88 valence electrons. The summed E-state index contributed by atoms with van der Waals surface area (Å²) >= 11 is 7.20. The Morgan fingerprint density at radius 2 is 1.94 bits per heavy atom. The molecule has 0 aliphatic heterocycles. The third-order valence-corrected chi connectivity index (χ3v) is 4.43. The Labute approximate surface area is 126 Å². The smallest absolute Gasteiger partial charge is 0.229 e. The van der Waals surface area contributed by atoms with Crippen LogP contribution in [0, 0.1) is 3.57 Å². The predicted octanol–water partition coefficient (Wildman–Crippen LogP) is 4.30. The van der Waals surface area contributed by atoms with Gasteiger partial charge in [-0.15, -0.1) is 11.3 Å². The molecule has 1 heterocycles. The molecule has 2 rings (SSSR count). The van der Waals surface area contributed by atoms with E-state index in [1.807, 2.05) is 36.4 Å². The Morgan fingerprint density at radius 3 is 2.53 bits per heavy atom. The quantitative estimate of drug-likeness (QED) is 0.735. The van der Waals surface area contributed by atoms with Crippen molar-refractivity contribution in [3.05, 3.63) is 48.6 Å². The van der Waals surface area contributed by atoms with Crippen molar-refractivity contribution in [2.75, 3.05) is 5.32 Å². The SMILES string of the molecule is O=C(Cc1ccc(Br)s1)Nc1ccc(I)cc1. The number of amides is 1. The molecule has 0 aliphatic carbocycles. The largest absolute Gasteiger partial charge is 0.326 e. The van der Waals surface area contributed by atoms with Crippen LogP contribution in [0.5, 0.6) is 0 Å². The highest BCUT2D eigenvalue weighted by Crippen LogP contribution is 2.22. The average Bonchev–Trinajstić information content (AvgIpc) is 2.67. The van der Waals surface area contributed by atoms with Crippen LogP contribution >= 0.6 is 49.9 Å².